The number of halogens is 1. The molecule has 1 aromatic heterocycles. The predicted octanol–water partition coefficient (Wildman–Crippen LogP) is 2.33. The van der Waals surface area contributed by atoms with E-state index < -0.39 is 0 Å². The molecule has 1 amide bonds. The minimum atomic E-state index is 0.0884. The third kappa shape index (κ3) is 3.40. The van der Waals surface area contributed by atoms with E-state index in [-0.39, 0.29) is 5.91 Å². The van der Waals surface area contributed by atoms with Crippen molar-refractivity contribution in [2.45, 2.75) is 6.42 Å². The molecule has 0 aliphatic carbocycles. The Bertz CT molecular complexity index is 430. The third-order valence-corrected chi connectivity index (χ3v) is 4.57. The number of rotatable bonds is 3. The van der Waals surface area contributed by atoms with Crippen molar-refractivity contribution >= 4 is 39.2 Å². The molecule has 1 aromatic rings. The van der Waals surface area contributed by atoms with Gasteiger partial charge in [0.05, 0.1) is 0 Å². The lowest BCUT2D eigenvalue weighted by Crippen LogP contribution is -2.28. The van der Waals surface area contributed by atoms with Gasteiger partial charge in [-0.3, -0.25) is 4.79 Å². The molecule has 1 aliphatic rings. The van der Waals surface area contributed by atoms with Crippen LogP contribution in [0.3, 0.4) is 0 Å². The average Bonchev–Trinajstić information content (AvgIpc) is 2.94. The van der Waals surface area contributed by atoms with Gasteiger partial charge in [0.2, 0.25) is 5.91 Å². The van der Waals surface area contributed by atoms with Gasteiger partial charge in [-0.05, 0) is 47.0 Å². The second kappa shape index (κ2) is 5.80. The minimum absolute atomic E-state index is 0.0884. The van der Waals surface area contributed by atoms with Crippen molar-refractivity contribution in [3.05, 3.63) is 26.9 Å². The summed E-state index contributed by atoms with van der Waals surface area (Å²) >= 11 is 5.00. The van der Waals surface area contributed by atoms with Crippen molar-refractivity contribution < 1.29 is 4.79 Å². The summed E-state index contributed by atoms with van der Waals surface area (Å²) in [6.45, 7) is 2.30. The first-order valence-corrected chi connectivity index (χ1v) is 7.27. The molecule has 0 radical (unpaired) electrons. The molecular weight excluding hydrogens is 300 g/mol. The van der Waals surface area contributed by atoms with Crippen LogP contribution >= 0.6 is 27.3 Å². The number of thiophene rings is 1. The predicted molar refractivity (Wildman–Crippen MR) is 74.8 cm³/mol. The molecule has 2 rings (SSSR count). The fourth-order valence-corrected chi connectivity index (χ4v) is 3.24. The molecule has 0 aromatic carbocycles. The van der Waals surface area contributed by atoms with Crippen LogP contribution in [0, 0.1) is 5.92 Å². The van der Waals surface area contributed by atoms with E-state index in [1.807, 2.05) is 22.4 Å². The number of hydrogen-bond acceptors (Lipinski definition) is 3. The Morgan fingerprint density at radius 3 is 3.12 bits per heavy atom. The van der Waals surface area contributed by atoms with E-state index in [1.54, 1.807) is 17.4 Å². The zero-order valence-corrected chi connectivity index (χ0v) is 11.8. The summed E-state index contributed by atoms with van der Waals surface area (Å²) in [5, 5.41) is 2.00. The van der Waals surface area contributed by atoms with Crippen LogP contribution < -0.4 is 5.73 Å². The van der Waals surface area contributed by atoms with Gasteiger partial charge in [-0.15, -0.1) is 11.3 Å². The van der Waals surface area contributed by atoms with Crippen molar-refractivity contribution in [3.63, 3.8) is 0 Å². The normalized spacial score (nSPS) is 20.4. The monoisotopic (exact) mass is 314 g/mol. The largest absolute Gasteiger partial charge is 0.339 e. The summed E-state index contributed by atoms with van der Waals surface area (Å²) in [6.07, 6.45) is 4.55. The van der Waals surface area contributed by atoms with Crippen molar-refractivity contribution in [2.24, 2.45) is 11.7 Å². The highest BCUT2D eigenvalue weighted by atomic mass is 79.9. The lowest BCUT2D eigenvalue weighted by molar-refractivity contribution is -0.125. The van der Waals surface area contributed by atoms with Crippen molar-refractivity contribution in [1.82, 2.24) is 4.90 Å². The Labute approximate surface area is 113 Å². The van der Waals surface area contributed by atoms with Gasteiger partial charge in [0.25, 0.3) is 0 Å². The third-order valence-electron chi connectivity index (χ3n) is 2.91. The Morgan fingerprint density at radius 2 is 2.53 bits per heavy atom. The van der Waals surface area contributed by atoms with E-state index in [2.05, 4.69) is 15.9 Å². The number of likely N-dealkylation sites (tertiary alicyclic amines) is 1. The highest BCUT2D eigenvalue weighted by molar-refractivity contribution is 9.10. The zero-order valence-electron chi connectivity index (χ0n) is 9.43. The molecule has 1 fully saturated rings. The maximum atomic E-state index is 11.9. The second-order valence-electron chi connectivity index (χ2n) is 4.18. The maximum absolute atomic E-state index is 11.9. The lowest BCUT2D eigenvalue weighted by Gasteiger charge is -2.13. The summed E-state index contributed by atoms with van der Waals surface area (Å²) in [6, 6.07) is 2.00. The molecule has 2 heterocycles. The summed E-state index contributed by atoms with van der Waals surface area (Å²) in [4.78, 5) is 14.8. The number of nitrogens with zero attached hydrogens (tertiary/aromatic N) is 1. The quantitative estimate of drug-likeness (QED) is 0.870. The molecule has 0 bridgehead atoms. The first-order chi connectivity index (χ1) is 8.19. The van der Waals surface area contributed by atoms with Crippen LogP contribution in [0.25, 0.3) is 6.08 Å². The number of amides is 1. The van der Waals surface area contributed by atoms with Crippen LogP contribution in [-0.2, 0) is 4.79 Å². The van der Waals surface area contributed by atoms with Gasteiger partial charge in [0, 0.05) is 33.9 Å². The Morgan fingerprint density at radius 1 is 1.71 bits per heavy atom. The molecule has 1 saturated heterocycles. The topological polar surface area (TPSA) is 46.3 Å². The van der Waals surface area contributed by atoms with Crippen LogP contribution in [0.15, 0.2) is 22.0 Å². The molecule has 92 valence electrons. The van der Waals surface area contributed by atoms with Gasteiger partial charge in [0.15, 0.2) is 0 Å². The lowest BCUT2D eigenvalue weighted by atomic mass is 10.1. The average molecular weight is 315 g/mol. The molecule has 2 N–H and O–H groups in total. The van der Waals surface area contributed by atoms with Crippen LogP contribution in [-0.4, -0.2) is 30.4 Å². The van der Waals surface area contributed by atoms with Crippen LogP contribution in [0.5, 0.6) is 0 Å². The van der Waals surface area contributed by atoms with E-state index in [0.717, 1.165) is 28.9 Å². The molecule has 1 aliphatic heterocycles. The first kappa shape index (κ1) is 12.8. The van der Waals surface area contributed by atoms with Crippen LogP contribution in [0.2, 0.25) is 0 Å². The van der Waals surface area contributed by atoms with E-state index >= 15 is 0 Å². The SMILES string of the molecule is NCC1CCN(C(=O)/C=C/c2cc(Br)cs2)C1. The van der Waals surface area contributed by atoms with E-state index in [4.69, 9.17) is 5.73 Å². The van der Waals surface area contributed by atoms with Crippen molar-refractivity contribution in [2.75, 3.05) is 19.6 Å². The summed E-state index contributed by atoms with van der Waals surface area (Å²) in [7, 11) is 0. The van der Waals surface area contributed by atoms with Gasteiger partial charge < -0.3 is 10.6 Å². The Balaban J connectivity index is 1.91. The second-order valence-corrected chi connectivity index (χ2v) is 6.03. The molecule has 0 saturated carbocycles. The van der Waals surface area contributed by atoms with E-state index in [0.29, 0.717) is 12.5 Å². The first-order valence-electron chi connectivity index (χ1n) is 5.60. The van der Waals surface area contributed by atoms with Gasteiger partial charge in [-0.25, -0.2) is 0 Å². The minimum Gasteiger partial charge on any atom is -0.339 e. The van der Waals surface area contributed by atoms with Gasteiger partial charge in [0.1, 0.15) is 0 Å². The Kier molecular flexibility index (Phi) is 4.36. The summed E-state index contributed by atoms with van der Waals surface area (Å²) in [5.74, 6) is 0.564. The van der Waals surface area contributed by atoms with Gasteiger partial charge in [-0.1, -0.05) is 0 Å². The van der Waals surface area contributed by atoms with E-state index in [1.165, 1.54) is 0 Å². The Hall–Kier alpha value is -0.650. The number of carbonyl (C=O) groups excluding carboxylic acids is 1. The van der Waals surface area contributed by atoms with Crippen LogP contribution in [0.4, 0.5) is 0 Å². The fraction of sp³-hybridized carbons (Fsp3) is 0.417. The standard InChI is InChI=1S/C12H15BrN2OS/c13-10-5-11(17-8-10)1-2-12(16)15-4-3-9(6-14)7-15/h1-2,5,8-9H,3-4,6-7,14H2/b2-1+. The summed E-state index contributed by atoms with van der Waals surface area (Å²) in [5.41, 5.74) is 5.60. The number of hydrogen-bond donors (Lipinski definition) is 1. The molecule has 17 heavy (non-hydrogen) atoms. The summed E-state index contributed by atoms with van der Waals surface area (Å²) < 4.78 is 1.05. The zero-order chi connectivity index (χ0) is 12.3. The molecule has 0 spiro atoms. The molecule has 1 unspecified atom stereocenters. The van der Waals surface area contributed by atoms with Crippen LogP contribution in [0.1, 0.15) is 11.3 Å². The molecule has 3 nitrogen and oxygen atoms in total. The molecular formula is C12H15BrN2OS. The van der Waals surface area contributed by atoms with E-state index in [9.17, 15) is 4.79 Å². The molecule has 1 atom stereocenters. The maximum Gasteiger partial charge on any atom is 0.246 e. The smallest absolute Gasteiger partial charge is 0.246 e. The fourth-order valence-electron chi connectivity index (χ4n) is 1.90. The molecule has 5 heteroatoms. The highest BCUT2D eigenvalue weighted by Gasteiger charge is 2.23. The number of nitrogens with two attached hydrogens (primary N) is 1. The van der Waals surface area contributed by atoms with Gasteiger partial charge in [-0.2, -0.15) is 0 Å². The van der Waals surface area contributed by atoms with Crippen molar-refractivity contribution in [3.8, 4) is 0 Å². The highest BCUT2D eigenvalue weighted by Crippen LogP contribution is 2.21. The van der Waals surface area contributed by atoms with Gasteiger partial charge >= 0.3 is 0 Å². The van der Waals surface area contributed by atoms with Crippen molar-refractivity contribution in [1.29, 1.82) is 0 Å². The number of carbonyl (C=O) groups is 1.